The number of halogens is 1. The number of carbonyl (C=O) groups is 2. The zero-order valence-corrected chi connectivity index (χ0v) is 39.1. The molecular formula is C45H79FN5O11P. The second-order valence-corrected chi connectivity index (χ2v) is 18.5. The number of ether oxygens (including phenoxy) is 3. The number of rotatable bonds is 38. The van der Waals surface area contributed by atoms with Crippen molar-refractivity contribution in [3.8, 4) is 0 Å². The normalized spacial score (nSPS) is 18.7. The van der Waals surface area contributed by atoms with E-state index >= 15 is 0 Å². The van der Waals surface area contributed by atoms with Gasteiger partial charge in [-0.2, -0.15) is 14.4 Å². The Morgan fingerprint density at radius 2 is 1.16 bits per heavy atom. The van der Waals surface area contributed by atoms with Crippen molar-refractivity contribution in [1.82, 2.24) is 19.5 Å². The molecule has 5 atom stereocenters. The maximum Gasteiger partial charge on any atom is 0.472 e. The van der Waals surface area contributed by atoms with E-state index < -0.39 is 76.3 Å². The second-order valence-electron chi connectivity index (χ2n) is 17.1. The first-order chi connectivity index (χ1) is 30.5. The fourth-order valence-corrected chi connectivity index (χ4v) is 8.67. The van der Waals surface area contributed by atoms with E-state index in [0.29, 0.717) is 12.8 Å². The molecule has 0 amide bonds. The minimum Gasteiger partial charge on any atom is -0.463 e. The highest BCUT2D eigenvalue weighted by Gasteiger charge is 2.45. The number of nitrogens with two attached hydrogens (primary N) is 1. The number of imidazole rings is 1. The number of anilines is 1. The van der Waals surface area contributed by atoms with Gasteiger partial charge in [0, 0.05) is 12.8 Å². The molecule has 2 aromatic heterocycles. The van der Waals surface area contributed by atoms with E-state index in [1.807, 2.05) is 0 Å². The minimum absolute atomic E-state index is 0.0378. The number of hydrogen-bond donors (Lipinski definition) is 4. The van der Waals surface area contributed by atoms with Gasteiger partial charge in [0.05, 0.1) is 12.9 Å². The third kappa shape index (κ3) is 22.3. The van der Waals surface area contributed by atoms with E-state index in [2.05, 4.69) is 28.8 Å². The summed E-state index contributed by atoms with van der Waals surface area (Å²) in [5, 5.41) is 21.5. The SMILES string of the molecule is CCCCCCCCCCCCCCCC(=O)OCC(COC(=O)CCCCCCCCCCCCCCC)OP(=O)(O)OC[C@H]1O[C@@H](n2cnc3c(N)nc(F)nc32)[C@@H](O)[C@@H]1O. The molecule has 3 rings (SSSR count). The standard InChI is InChI=1S/C45H79FN5O11P/c1-3-5-7-9-11-13-15-17-19-21-23-25-27-29-37(52)58-31-35(32-59-38(53)30-28-26-24-22-20-18-16-14-12-10-8-6-4-2)62-63(56,57)60-33-36-40(54)41(55)44(61-36)51-34-48-39-42(47)49-45(46)50-43(39)51/h34-36,40-41,44,54-55H,3-33H2,1-2H3,(H,56,57)(H2,47,49,50)/t36-,40-,41+,44-/m1/s1. The molecule has 1 fully saturated rings. The van der Waals surface area contributed by atoms with Gasteiger partial charge in [-0.1, -0.05) is 168 Å². The predicted octanol–water partition coefficient (Wildman–Crippen LogP) is 9.72. The van der Waals surface area contributed by atoms with Crippen LogP contribution in [0.15, 0.2) is 6.33 Å². The number of fused-ring (bicyclic) bond motifs is 1. The van der Waals surface area contributed by atoms with Crippen molar-refractivity contribution >= 4 is 36.7 Å². The summed E-state index contributed by atoms with van der Waals surface area (Å²) in [4.78, 5) is 47.1. The molecule has 18 heteroatoms. The van der Waals surface area contributed by atoms with Gasteiger partial charge < -0.3 is 35.1 Å². The van der Waals surface area contributed by atoms with Gasteiger partial charge in [0.1, 0.15) is 37.6 Å². The van der Waals surface area contributed by atoms with E-state index in [1.165, 1.54) is 122 Å². The summed E-state index contributed by atoms with van der Waals surface area (Å²) in [5.74, 6) is -1.27. The van der Waals surface area contributed by atoms with Crippen LogP contribution in [0.1, 0.15) is 200 Å². The van der Waals surface area contributed by atoms with Crippen LogP contribution in [-0.4, -0.2) is 90.8 Å². The van der Waals surface area contributed by atoms with E-state index in [9.17, 15) is 33.7 Å². The first-order valence-corrected chi connectivity index (χ1v) is 25.6. The number of aliphatic hydroxyl groups is 2. The summed E-state index contributed by atoms with van der Waals surface area (Å²) in [7, 11) is -4.96. The largest absolute Gasteiger partial charge is 0.472 e. The van der Waals surface area contributed by atoms with Crippen LogP contribution < -0.4 is 5.73 Å². The van der Waals surface area contributed by atoms with Crippen LogP contribution in [0.5, 0.6) is 0 Å². The van der Waals surface area contributed by atoms with E-state index in [-0.39, 0.29) is 29.8 Å². The zero-order valence-electron chi connectivity index (χ0n) is 38.2. The first-order valence-electron chi connectivity index (χ1n) is 24.1. The number of unbranched alkanes of at least 4 members (excludes halogenated alkanes) is 24. The van der Waals surface area contributed by atoms with Crippen LogP contribution in [-0.2, 0) is 37.4 Å². The average molecular weight is 916 g/mol. The smallest absolute Gasteiger partial charge is 0.463 e. The molecule has 0 bridgehead atoms. The zero-order chi connectivity index (χ0) is 45.7. The molecule has 5 N–H and O–H groups in total. The van der Waals surface area contributed by atoms with Crippen LogP contribution in [0.4, 0.5) is 10.2 Å². The Bertz CT molecular complexity index is 1560. The number of hydrogen-bond acceptors (Lipinski definition) is 14. The van der Waals surface area contributed by atoms with Gasteiger partial charge in [-0.05, 0) is 12.8 Å². The van der Waals surface area contributed by atoms with Gasteiger partial charge in [-0.15, -0.1) is 0 Å². The molecular weight excluding hydrogens is 836 g/mol. The van der Waals surface area contributed by atoms with Crippen molar-refractivity contribution in [2.75, 3.05) is 25.6 Å². The molecule has 1 unspecified atom stereocenters. The summed E-state index contributed by atoms with van der Waals surface area (Å²) < 4.78 is 55.3. The fourth-order valence-electron chi connectivity index (χ4n) is 7.78. The molecule has 1 aliphatic rings. The maximum absolute atomic E-state index is 13.9. The quantitative estimate of drug-likeness (QED) is 0.0213. The number of phosphoric acid groups is 1. The number of nitrogens with zero attached hydrogens (tertiary/aromatic N) is 4. The molecule has 16 nitrogen and oxygen atoms in total. The summed E-state index contributed by atoms with van der Waals surface area (Å²) >= 11 is 0. The lowest BCUT2D eigenvalue weighted by Crippen LogP contribution is -2.34. The van der Waals surface area contributed by atoms with Crippen molar-refractivity contribution in [1.29, 1.82) is 0 Å². The van der Waals surface area contributed by atoms with Crippen molar-refractivity contribution in [3.05, 3.63) is 12.4 Å². The van der Waals surface area contributed by atoms with E-state index in [1.54, 1.807) is 0 Å². The summed E-state index contributed by atoms with van der Waals surface area (Å²) in [6.45, 7) is 2.77. The van der Waals surface area contributed by atoms with Gasteiger partial charge >= 0.3 is 25.8 Å². The van der Waals surface area contributed by atoms with Crippen molar-refractivity contribution in [2.45, 2.75) is 224 Å². The summed E-state index contributed by atoms with van der Waals surface area (Å²) in [6, 6.07) is 0. The van der Waals surface area contributed by atoms with Gasteiger partial charge in [0.15, 0.2) is 23.2 Å². The lowest BCUT2D eigenvalue weighted by molar-refractivity contribution is -0.152. The molecule has 362 valence electrons. The van der Waals surface area contributed by atoms with Crippen LogP contribution in [0, 0.1) is 6.08 Å². The molecule has 1 saturated heterocycles. The number of phosphoric ester groups is 1. The maximum atomic E-state index is 13.9. The van der Waals surface area contributed by atoms with Crippen LogP contribution in [0.3, 0.4) is 0 Å². The van der Waals surface area contributed by atoms with E-state index in [4.69, 9.17) is 29.0 Å². The van der Waals surface area contributed by atoms with Gasteiger partial charge in [0.25, 0.3) is 0 Å². The molecule has 2 aromatic rings. The van der Waals surface area contributed by atoms with Crippen LogP contribution >= 0.6 is 7.82 Å². The highest BCUT2D eigenvalue weighted by Crippen LogP contribution is 2.46. The first kappa shape index (κ1) is 54.5. The molecule has 0 aliphatic carbocycles. The highest BCUT2D eigenvalue weighted by atomic mass is 31.2. The monoisotopic (exact) mass is 916 g/mol. The Morgan fingerprint density at radius 3 is 1.60 bits per heavy atom. The van der Waals surface area contributed by atoms with E-state index in [0.717, 1.165) is 43.1 Å². The van der Waals surface area contributed by atoms with Crippen molar-refractivity contribution in [2.24, 2.45) is 0 Å². The lowest BCUT2D eigenvalue weighted by atomic mass is 10.0. The molecule has 1 aliphatic heterocycles. The fraction of sp³-hybridized carbons (Fsp3) is 0.844. The molecule has 0 aromatic carbocycles. The van der Waals surface area contributed by atoms with Crippen molar-refractivity contribution < 1.29 is 56.9 Å². The summed E-state index contributed by atoms with van der Waals surface area (Å²) in [6.07, 6.45) is 23.4. The number of esters is 2. The van der Waals surface area contributed by atoms with Gasteiger partial charge in [-0.25, -0.2) is 9.55 Å². The second kappa shape index (κ2) is 32.0. The highest BCUT2D eigenvalue weighted by molar-refractivity contribution is 7.47. The molecule has 0 radical (unpaired) electrons. The average Bonchev–Trinajstić information content (AvgIpc) is 3.80. The number of nitrogen functional groups attached to an aromatic ring is 1. The Hall–Kier alpha value is -2.79. The lowest BCUT2D eigenvalue weighted by Gasteiger charge is -2.22. The molecule has 0 spiro atoms. The Balaban J connectivity index is 1.42. The van der Waals surface area contributed by atoms with Crippen LogP contribution in [0.2, 0.25) is 0 Å². The number of aliphatic hydroxyl groups excluding tert-OH is 2. The topological polar surface area (TPSA) is 228 Å². The number of carbonyl (C=O) groups excluding carboxylic acids is 2. The Kier molecular flexibility index (Phi) is 27.7. The number of aromatic nitrogens is 4. The van der Waals surface area contributed by atoms with Gasteiger partial charge in [-0.3, -0.25) is 23.2 Å². The van der Waals surface area contributed by atoms with Crippen LogP contribution in [0.25, 0.3) is 11.2 Å². The Labute approximate surface area is 374 Å². The molecule has 0 saturated carbocycles. The summed E-state index contributed by atoms with van der Waals surface area (Å²) in [5.41, 5.74) is 5.66. The minimum atomic E-state index is -4.96. The predicted molar refractivity (Wildman–Crippen MR) is 239 cm³/mol. The third-order valence-electron chi connectivity index (χ3n) is 11.5. The Morgan fingerprint density at radius 1 is 0.730 bits per heavy atom. The van der Waals surface area contributed by atoms with Gasteiger partial charge in [0.2, 0.25) is 0 Å². The molecule has 3 heterocycles. The molecule has 63 heavy (non-hydrogen) atoms. The van der Waals surface area contributed by atoms with Crippen molar-refractivity contribution in [3.63, 3.8) is 0 Å². The third-order valence-corrected chi connectivity index (χ3v) is 12.6.